The van der Waals surface area contributed by atoms with E-state index in [-0.39, 0.29) is 0 Å². The number of nitrogens with one attached hydrogen (secondary N) is 1. The van der Waals surface area contributed by atoms with Crippen LogP contribution >= 0.6 is 11.3 Å². The Morgan fingerprint density at radius 3 is 2.75 bits per heavy atom. The molecule has 0 aliphatic heterocycles. The Morgan fingerprint density at radius 2 is 2.00 bits per heavy atom. The molecule has 1 aliphatic rings. The van der Waals surface area contributed by atoms with E-state index in [1.54, 1.807) is 5.38 Å². The predicted molar refractivity (Wildman–Crippen MR) is 77.0 cm³/mol. The molecule has 1 aromatic heterocycles. The van der Waals surface area contributed by atoms with E-state index in [4.69, 9.17) is 0 Å². The number of benzene rings is 1. The maximum Gasteiger partial charge on any atom is 0.203 e. The summed E-state index contributed by atoms with van der Waals surface area (Å²) in [6, 6.07) is 3.48. The molecule has 0 spiro atoms. The van der Waals surface area contributed by atoms with E-state index in [1.807, 2.05) is 0 Å². The van der Waals surface area contributed by atoms with Crippen molar-refractivity contribution in [1.29, 1.82) is 0 Å². The second-order valence-electron chi connectivity index (χ2n) is 4.66. The van der Waals surface area contributed by atoms with Crippen LogP contribution in [0.25, 0.3) is 11.3 Å². The average molecular weight is 293 g/mol. The van der Waals surface area contributed by atoms with Gasteiger partial charge in [-0.05, 0) is 37.8 Å². The monoisotopic (exact) mass is 293 g/mol. The van der Waals surface area contributed by atoms with Gasteiger partial charge in [-0.1, -0.05) is 0 Å². The third-order valence-corrected chi connectivity index (χ3v) is 3.95. The first-order chi connectivity index (χ1) is 9.72. The lowest BCUT2D eigenvalue weighted by Gasteiger charge is -1.99. The molecule has 1 aromatic carbocycles. The van der Waals surface area contributed by atoms with Crippen LogP contribution in [0.1, 0.15) is 25.7 Å². The van der Waals surface area contributed by atoms with E-state index < -0.39 is 11.6 Å². The Kier molecular flexibility index (Phi) is 3.73. The number of nitrogens with zero attached hydrogens (tertiary/aromatic N) is 2. The number of anilines is 1. The van der Waals surface area contributed by atoms with Gasteiger partial charge in [-0.25, -0.2) is 13.8 Å². The summed E-state index contributed by atoms with van der Waals surface area (Å²) in [4.78, 5) is 4.27. The Bertz CT molecular complexity index is 644. The standard InChI is InChI=1S/C14H13F2N3S/c15-9-5-6-11(12(16)7-9)13-8-20-14(17-13)19-18-10-3-1-2-4-10/h5-8H,1-4H2,(H,17,19). The normalized spacial score (nSPS) is 14.6. The van der Waals surface area contributed by atoms with Crippen molar-refractivity contribution in [3.63, 3.8) is 0 Å². The van der Waals surface area contributed by atoms with Crippen molar-refractivity contribution in [2.24, 2.45) is 5.10 Å². The van der Waals surface area contributed by atoms with E-state index in [9.17, 15) is 8.78 Å². The van der Waals surface area contributed by atoms with Gasteiger partial charge in [0.15, 0.2) is 0 Å². The summed E-state index contributed by atoms with van der Waals surface area (Å²) in [6.45, 7) is 0. The molecule has 3 nitrogen and oxygen atoms in total. The van der Waals surface area contributed by atoms with Gasteiger partial charge in [0.1, 0.15) is 11.6 Å². The van der Waals surface area contributed by atoms with Gasteiger partial charge in [0.05, 0.1) is 5.69 Å². The maximum absolute atomic E-state index is 13.7. The van der Waals surface area contributed by atoms with E-state index in [1.165, 1.54) is 36.3 Å². The minimum absolute atomic E-state index is 0.296. The maximum atomic E-state index is 13.7. The molecule has 1 heterocycles. The van der Waals surface area contributed by atoms with Crippen LogP contribution in [-0.2, 0) is 0 Å². The molecule has 104 valence electrons. The first kappa shape index (κ1) is 13.2. The molecule has 3 rings (SSSR count). The Hall–Kier alpha value is -1.82. The highest BCUT2D eigenvalue weighted by atomic mass is 32.1. The number of hydrogen-bond acceptors (Lipinski definition) is 4. The van der Waals surface area contributed by atoms with Crippen molar-refractivity contribution in [1.82, 2.24) is 4.98 Å². The zero-order valence-corrected chi connectivity index (χ0v) is 11.5. The van der Waals surface area contributed by atoms with Crippen LogP contribution in [0.5, 0.6) is 0 Å². The lowest BCUT2D eigenvalue weighted by atomic mass is 10.1. The number of hydrogen-bond donors (Lipinski definition) is 1. The first-order valence-corrected chi connectivity index (χ1v) is 7.33. The molecule has 0 unspecified atom stereocenters. The number of hydrazone groups is 1. The van der Waals surface area contributed by atoms with Crippen LogP contribution in [0.2, 0.25) is 0 Å². The lowest BCUT2D eigenvalue weighted by molar-refractivity contribution is 0.585. The van der Waals surface area contributed by atoms with Gasteiger partial charge in [0.25, 0.3) is 0 Å². The number of aromatic nitrogens is 1. The van der Waals surface area contributed by atoms with Crippen LogP contribution in [0.3, 0.4) is 0 Å². The Balaban J connectivity index is 1.77. The van der Waals surface area contributed by atoms with Gasteiger partial charge < -0.3 is 0 Å². The molecule has 1 saturated carbocycles. The summed E-state index contributed by atoms with van der Waals surface area (Å²) in [5, 5.41) is 6.64. The molecule has 0 amide bonds. The van der Waals surface area contributed by atoms with Crippen LogP contribution in [-0.4, -0.2) is 10.7 Å². The van der Waals surface area contributed by atoms with Gasteiger partial charge >= 0.3 is 0 Å². The van der Waals surface area contributed by atoms with E-state index in [0.717, 1.165) is 24.6 Å². The summed E-state index contributed by atoms with van der Waals surface area (Å²) in [5.41, 5.74) is 4.84. The van der Waals surface area contributed by atoms with Gasteiger partial charge in [0, 0.05) is 22.7 Å². The highest BCUT2D eigenvalue weighted by molar-refractivity contribution is 7.14. The first-order valence-electron chi connectivity index (χ1n) is 6.45. The minimum Gasteiger partial charge on any atom is -0.253 e. The van der Waals surface area contributed by atoms with Crippen LogP contribution in [0.4, 0.5) is 13.9 Å². The molecule has 0 saturated heterocycles. The summed E-state index contributed by atoms with van der Waals surface area (Å²) in [5.74, 6) is -1.20. The fourth-order valence-corrected chi connectivity index (χ4v) is 2.82. The number of rotatable bonds is 3. The number of halogens is 2. The quantitative estimate of drug-likeness (QED) is 0.850. The highest BCUT2D eigenvalue weighted by Gasteiger charge is 2.11. The molecule has 0 atom stereocenters. The largest absolute Gasteiger partial charge is 0.253 e. The van der Waals surface area contributed by atoms with Gasteiger partial charge in [0.2, 0.25) is 5.13 Å². The van der Waals surface area contributed by atoms with E-state index in [0.29, 0.717) is 16.4 Å². The van der Waals surface area contributed by atoms with E-state index >= 15 is 0 Å². The molecular formula is C14H13F2N3S. The van der Waals surface area contributed by atoms with Crippen molar-refractivity contribution in [3.05, 3.63) is 35.2 Å². The fourth-order valence-electron chi connectivity index (χ4n) is 2.17. The zero-order chi connectivity index (χ0) is 13.9. The second-order valence-corrected chi connectivity index (χ2v) is 5.52. The molecule has 20 heavy (non-hydrogen) atoms. The number of thiazole rings is 1. The van der Waals surface area contributed by atoms with Gasteiger partial charge in [-0.2, -0.15) is 5.10 Å². The van der Waals surface area contributed by atoms with Crippen LogP contribution < -0.4 is 5.43 Å². The van der Waals surface area contributed by atoms with Crippen molar-refractivity contribution in [2.75, 3.05) is 5.43 Å². The third-order valence-electron chi connectivity index (χ3n) is 3.20. The van der Waals surface area contributed by atoms with Gasteiger partial charge in [-0.3, -0.25) is 5.43 Å². The van der Waals surface area contributed by atoms with Crippen LogP contribution in [0, 0.1) is 11.6 Å². The molecule has 0 bridgehead atoms. The van der Waals surface area contributed by atoms with Crippen molar-refractivity contribution in [3.8, 4) is 11.3 Å². The molecule has 1 N–H and O–H groups in total. The van der Waals surface area contributed by atoms with Crippen molar-refractivity contribution < 1.29 is 8.78 Å². The molecule has 2 aromatic rings. The SMILES string of the molecule is Fc1ccc(-c2csc(NN=C3CCCC3)n2)c(F)c1. The summed E-state index contributed by atoms with van der Waals surface area (Å²) in [6.07, 6.45) is 4.42. The third kappa shape index (κ3) is 2.85. The molecule has 1 fully saturated rings. The smallest absolute Gasteiger partial charge is 0.203 e. The average Bonchev–Trinajstić information content (AvgIpc) is 3.07. The Labute approximate surface area is 119 Å². The fraction of sp³-hybridized carbons (Fsp3) is 0.286. The van der Waals surface area contributed by atoms with Crippen molar-refractivity contribution in [2.45, 2.75) is 25.7 Å². The second kappa shape index (κ2) is 5.66. The molecule has 6 heteroatoms. The van der Waals surface area contributed by atoms with Gasteiger partial charge in [-0.15, -0.1) is 11.3 Å². The predicted octanol–water partition coefficient (Wildman–Crippen LogP) is 4.43. The highest BCUT2D eigenvalue weighted by Crippen LogP contribution is 2.27. The Morgan fingerprint density at radius 1 is 1.20 bits per heavy atom. The lowest BCUT2D eigenvalue weighted by Crippen LogP contribution is -1.96. The van der Waals surface area contributed by atoms with Crippen molar-refractivity contribution >= 4 is 22.2 Å². The summed E-state index contributed by atoms with van der Waals surface area (Å²) in [7, 11) is 0. The summed E-state index contributed by atoms with van der Waals surface area (Å²) < 4.78 is 26.5. The molecule has 1 aliphatic carbocycles. The summed E-state index contributed by atoms with van der Waals surface area (Å²) >= 11 is 1.35. The topological polar surface area (TPSA) is 37.3 Å². The van der Waals surface area contributed by atoms with Crippen LogP contribution in [0.15, 0.2) is 28.7 Å². The zero-order valence-electron chi connectivity index (χ0n) is 10.7. The van der Waals surface area contributed by atoms with E-state index in [2.05, 4.69) is 15.5 Å². The molecule has 0 radical (unpaired) electrons. The minimum atomic E-state index is -0.607. The molecular weight excluding hydrogens is 280 g/mol.